The van der Waals surface area contributed by atoms with Crippen molar-refractivity contribution < 1.29 is 18.7 Å². The van der Waals surface area contributed by atoms with Gasteiger partial charge in [0, 0.05) is 12.1 Å². The first kappa shape index (κ1) is 10.5. The Morgan fingerprint density at radius 1 is 1.64 bits per heavy atom. The number of nitrogens with two attached hydrogens (primary N) is 1. The quantitative estimate of drug-likeness (QED) is 0.717. The van der Waals surface area contributed by atoms with E-state index in [1.807, 2.05) is 0 Å². The lowest BCUT2D eigenvalue weighted by molar-refractivity contribution is 0.110. The van der Waals surface area contributed by atoms with Gasteiger partial charge in [-0.2, -0.15) is 0 Å². The van der Waals surface area contributed by atoms with Gasteiger partial charge in [-0.3, -0.25) is 9.78 Å². The van der Waals surface area contributed by atoms with Crippen LogP contribution in [0.15, 0.2) is 6.20 Å². The molecule has 3 N–H and O–H groups in total. The molecule has 0 fully saturated rings. The highest BCUT2D eigenvalue weighted by Gasteiger charge is 2.20. The summed E-state index contributed by atoms with van der Waals surface area (Å²) in [4.78, 5) is 14.1. The second-order valence-electron chi connectivity index (χ2n) is 2.54. The maximum Gasteiger partial charge on any atom is 0.268 e. The van der Waals surface area contributed by atoms with Gasteiger partial charge < -0.3 is 10.8 Å². The molecule has 0 bridgehead atoms. The number of pyridine rings is 1. The summed E-state index contributed by atoms with van der Waals surface area (Å²) >= 11 is 0. The Morgan fingerprint density at radius 2 is 2.29 bits per heavy atom. The molecule has 0 saturated heterocycles. The van der Waals surface area contributed by atoms with E-state index in [1.54, 1.807) is 0 Å². The number of rotatable bonds is 3. The molecule has 0 aliphatic carbocycles. The van der Waals surface area contributed by atoms with Crippen molar-refractivity contribution in [1.82, 2.24) is 4.98 Å². The van der Waals surface area contributed by atoms with Crippen LogP contribution in [0.1, 0.15) is 28.0 Å². The molecule has 0 atom stereocenters. The van der Waals surface area contributed by atoms with Crippen molar-refractivity contribution in [2.75, 3.05) is 0 Å². The third-order valence-electron chi connectivity index (χ3n) is 1.75. The Balaban J connectivity index is 3.42. The summed E-state index contributed by atoms with van der Waals surface area (Å²) in [5.41, 5.74) is 4.20. The van der Waals surface area contributed by atoms with Crippen LogP contribution < -0.4 is 5.73 Å². The Hall–Kier alpha value is -1.56. The monoisotopic (exact) mass is 202 g/mol. The smallest absolute Gasteiger partial charge is 0.268 e. The number of hydrogen-bond acceptors (Lipinski definition) is 4. The molecular formula is C8H8F2N2O2. The van der Waals surface area contributed by atoms with Crippen LogP contribution in [0.25, 0.3) is 0 Å². The second-order valence-corrected chi connectivity index (χ2v) is 2.54. The summed E-state index contributed by atoms with van der Waals surface area (Å²) in [5.74, 6) is -0.695. The van der Waals surface area contributed by atoms with E-state index in [-0.39, 0.29) is 24.1 Å². The van der Waals surface area contributed by atoms with Crippen LogP contribution in [-0.2, 0) is 6.54 Å². The zero-order chi connectivity index (χ0) is 10.7. The third kappa shape index (κ3) is 1.69. The second kappa shape index (κ2) is 4.10. The average Bonchev–Trinajstić information content (AvgIpc) is 2.16. The van der Waals surface area contributed by atoms with Gasteiger partial charge in [0.2, 0.25) is 0 Å². The van der Waals surface area contributed by atoms with E-state index >= 15 is 0 Å². The minimum Gasteiger partial charge on any atom is -0.506 e. The van der Waals surface area contributed by atoms with E-state index in [1.165, 1.54) is 0 Å². The van der Waals surface area contributed by atoms with Crippen molar-refractivity contribution in [2.45, 2.75) is 13.0 Å². The summed E-state index contributed by atoms with van der Waals surface area (Å²) < 4.78 is 24.8. The molecule has 6 heteroatoms. The zero-order valence-corrected chi connectivity index (χ0v) is 7.08. The molecule has 0 saturated carbocycles. The number of carbonyl (C=O) groups is 1. The average molecular weight is 202 g/mol. The highest BCUT2D eigenvalue weighted by molar-refractivity contribution is 5.80. The molecule has 0 aliphatic rings. The first-order valence-electron chi connectivity index (χ1n) is 3.76. The Bertz CT molecular complexity index is 355. The topological polar surface area (TPSA) is 76.2 Å². The largest absolute Gasteiger partial charge is 0.506 e. The van der Waals surface area contributed by atoms with Gasteiger partial charge >= 0.3 is 0 Å². The van der Waals surface area contributed by atoms with Crippen LogP contribution in [-0.4, -0.2) is 16.4 Å². The minimum atomic E-state index is -2.93. The Kier molecular flexibility index (Phi) is 3.08. The predicted molar refractivity (Wildman–Crippen MR) is 44.1 cm³/mol. The summed E-state index contributed by atoms with van der Waals surface area (Å²) in [5, 5.41) is 9.07. The molecular weight excluding hydrogens is 194 g/mol. The van der Waals surface area contributed by atoms with Crippen molar-refractivity contribution >= 4 is 6.29 Å². The normalized spacial score (nSPS) is 10.6. The highest BCUT2D eigenvalue weighted by atomic mass is 19.3. The van der Waals surface area contributed by atoms with Gasteiger partial charge in [0.25, 0.3) is 6.43 Å². The number of halogens is 2. The molecule has 0 unspecified atom stereocenters. The molecule has 14 heavy (non-hydrogen) atoms. The number of aldehydes is 1. The first-order chi connectivity index (χ1) is 6.61. The van der Waals surface area contributed by atoms with Crippen molar-refractivity contribution in [3.63, 3.8) is 0 Å². The number of alkyl halides is 2. The molecule has 76 valence electrons. The molecule has 4 nitrogen and oxygen atoms in total. The van der Waals surface area contributed by atoms with Gasteiger partial charge in [-0.25, -0.2) is 8.78 Å². The lowest BCUT2D eigenvalue weighted by atomic mass is 10.1. The number of nitrogens with zero attached hydrogens (tertiary/aromatic N) is 1. The lowest BCUT2D eigenvalue weighted by Crippen LogP contribution is -2.07. The highest BCUT2D eigenvalue weighted by Crippen LogP contribution is 2.31. The fourth-order valence-electron chi connectivity index (χ4n) is 1.10. The first-order valence-corrected chi connectivity index (χ1v) is 3.76. The Labute approximate surface area is 78.4 Å². The molecule has 1 heterocycles. The van der Waals surface area contributed by atoms with E-state index in [9.17, 15) is 13.6 Å². The SMILES string of the molecule is NCc1ncc(O)c(C(F)F)c1C=O. The van der Waals surface area contributed by atoms with E-state index in [4.69, 9.17) is 10.8 Å². The fraction of sp³-hybridized carbons (Fsp3) is 0.250. The Morgan fingerprint density at radius 3 is 2.71 bits per heavy atom. The number of aromatic nitrogens is 1. The fourth-order valence-corrected chi connectivity index (χ4v) is 1.10. The number of carbonyl (C=O) groups excluding carboxylic acids is 1. The van der Waals surface area contributed by atoms with E-state index in [2.05, 4.69) is 4.98 Å². The molecule has 0 spiro atoms. The van der Waals surface area contributed by atoms with E-state index < -0.39 is 17.7 Å². The number of hydrogen-bond donors (Lipinski definition) is 2. The van der Waals surface area contributed by atoms with Crippen LogP contribution in [0.5, 0.6) is 5.75 Å². The van der Waals surface area contributed by atoms with Gasteiger partial charge in [-0.05, 0) is 0 Å². The molecule has 0 amide bonds. The summed E-state index contributed by atoms with van der Waals surface area (Å²) in [6, 6.07) is 0. The zero-order valence-electron chi connectivity index (χ0n) is 7.08. The van der Waals surface area contributed by atoms with Crippen LogP contribution in [0.3, 0.4) is 0 Å². The molecule has 1 rings (SSSR count). The molecule has 1 aromatic rings. The van der Waals surface area contributed by atoms with Gasteiger partial charge in [0.15, 0.2) is 6.29 Å². The summed E-state index contributed by atoms with van der Waals surface area (Å²) in [6.45, 7) is -0.131. The van der Waals surface area contributed by atoms with Gasteiger partial charge in [-0.1, -0.05) is 0 Å². The van der Waals surface area contributed by atoms with Crippen molar-refractivity contribution in [2.24, 2.45) is 5.73 Å². The van der Waals surface area contributed by atoms with Crippen LogP contribution in [0.4, 0.5) is 8.78 Å². The summed E-state index contributed by atoms with van der Waals surface area (Å²) in [7, 11) is 0. The van der Waals surface area contributed by atoms with Gasteiger partial charge in [0.05, 0.1) is 17.5 Å². The third-order valence-corrected chi connectivity index (χ3v) is 1.75. The maximum absolute atomic E-state index is 12.4. The van der Waals surface area contributed by atoms with Crippen molar-refractivity contribution in [3.05, 3.63) is 23.0 Å². The predicted octanol–water partition coefficient (Wildman–Crippen LogP) is 0.996. The van der Waals surface area contributed by atoms with Crippen LogP contribution >= 0.6 is 0 Å². The molecule has 0 aliphatic heterocycles. The molecule has 0 aromatic carbocycles. The lowest BCUT2D eigenvalue weighted by Gasteiger charge is -2.08. The molecule has 1 aromatic heterocycles. The van der Waals surface area contributed by atoms with Crippen LogP contribution in [0, 0.1) is 0 Å². The maximum atomic E-state index is 12.4. The standard InChI is InChI=1S/C8H8F2N2O2/c9-8(10)7-4(3-13)5(1-11)12-2-6(7)14/h2-3,8,14H,1,11H2. The van der Waals surface area contributed by atoms with Crippen molar-refractivity contribution in [1.29, 1.82) is 0 Å². The van der Waals surface area contributed by atoms with Gasteiger partial charge in [-0.15, -0.1) is 0 Å². The summed E-state index contributed by atoms with van der Waals surface area (Å²) in [6.07, 6.45) is -1.85. The van der Waals surface area contributed by atoms with Gasteiger partial charge in [0.1, 0.15) is 5.75 Å². The van der Waals surface area contributed by atoms with Crippen molar-refractivity contribution in [3.8, 4) is 5.75 Å². The molecule has 0 radical (unpaired) electrons. The van der Waals surface area contributed by atoms with E-state index in [0.29, 0.717) is 0 Å². The number of aromatic hydroxyl groups is 1. The minimum absolute atomic E-state index is 0.0492. The van der Waals surface area contributed by atoms with Crippen LogP contribution in [0.2, 0.25) is 0 Å². The van der Waals surface area contributed by atoms with E-state index in [0.717, 1.165) is 6.20 Å².